The number of rotatable bonds is 4. The number of ether oxygens (including phenoxy) is 1. The molecule has 1 aliphatic rings. The highest BCUT2D eigenvalue weighted by Gasteiger charge is 2.28. The minimum Gasteiger partial charge on any atom is -0.465 e. The van der Waals surface area contributed by atoms with Gasteiger partial charge in [-0.3, -0.25) is 9.69 Å². The number of hydrogen-bond acceptors (Lipinski definition) is 4. The van der Waals surface area contributed by atoms with E-state index >= 15 is 0 Å². The largest absolute Gasteiger partial charge is 0.465 e. The van der Waals surface area contributed by atoms with Gasteiger partial charge in [0, 0.05) is 25.7 Å². The predicted octanol–water partition coefficient (Wildman–Crippen LogP) is 1.04. The van der Waals surface area contributed by atoms with Crippen LogP contribution in [0.25, 0.3) is 0 Å². The van der Waals surface area contributed by atoms with Gasteiger partial charge in [0.25, 0.3) is 0 Å². The molecule has 4 nitrogen and oxygen atoms in total. The molecule has 0 aliphatic carbocycles. The molecule has 1 aliphatic heterocycles. The molecule has 0 aromatic carbocycles. The summed E-state index contributed by atoms with van der Waals surface area (Å²) in [6.45, 7) is 9.32. The summed E-state index contributed by atoms with van der Waals surface area (Å²) in [6, 6.07) is 0.400. The second-order valence-electron chi connectivity index (χ2n) is 4.03. The van der Waals surface area contributed by atoms with Gasteiger partial charge in [0.15, 0.2) is 0 Å². The average molecular weight is 251 g/mol. The zero-order chi connectivity index (χ0) is 11.3. The first-order valence-electron chi connectivity index (χ1n) is 5.83. The van der Waals surface area contributed by atoms with Crippen molar-refractivity contribution in [1.82, 2.24) is 10.2 Å². The third kappa shape index (κ3) is 4.28. The van der Waals surface area contributed by atoms with Gasteiger partial charge in [-0.2, -0.15) is 0 Å². The third-order valence-corrected chi connectivity index (χ3v) is 2.79. The lowest BCUT2D eigenvalue weighted by atomic mass is 10.1. The van der Waals surface area contributed by atoms with Gasteiger partial charge in [0.1, 0.15) is 6.04 Å². The lowest BCUT2D eigenvalue weighted by Gasteiger charge is -2.36. The molecule has 0 saturated carbocycles. The highest BCUT2D eigenvalue weighted by atomic mass is 35.5. The van der Waals surface area contributed by atoms with Crippen LogP contribution < -0.4 is 5.32 Å². The molecule has 0 amide bonds. The van der Waals surface area contributed by atoms with Crippen LogP contribution in [0.4, 0.5) is 0 Å². The Hall–Kier alpha value is -0.320. The Balaban J connectivity index is 0.00000225. The molecule has 1 saturated heterocycles. The van der Waals surface area contributed by atoms with Crippen molar-refractivity contribution in [3.8, 4) is 0 Å². The average Bonchev–Trinajstić information content (AvgIpc) is 2.19. The van der Waals surface area contributed by atoms with Crippen LogP contribution in [0.15, 0.2) is 0 Å². The Kier molecular flexibility index (Phi) is 7.72. The third-order valence-electron chi connectivity index (χ3n) is 2.79. The van der Waals surface area contributed by atoms with Gasteiger partial charge in [0.2, 0.25) is 0 Å². The monoisotopic (exact) mass is 250 g/mol. The number of halogens is 1. The predicted molar refractivity (Wildman–Crippen MR) is 67.0 cm³/mol. The molecule has 1 rings (SSSR count). The van der Waals surface area contributed by atoms with Crippen LogP contribution in [-0.2, 0) is 9.53 Å². The minimum atomic E-state index is -0.0749. The summed E-state index contributed by atoms with van der Waals surface area (Å²) in [5.41, 5.74) is 0. The first-order valence-corrected chi connectivity index (χ1v) is 5.83. The lowest BCUT2D eigenvalue weighted by Crippen LogP contribution is -2.55. The summed E-state index contributed by atoms with van der Waals surface area (Å²) >= 11 is 0. The van der Waals surface area contributed by atoms with E-state index in [2.05, 4.69) is 17.1 Å². The Bertz CT molecular complexity index is 214. The number of carbonyl (C=O) groups is 1. The van der Waals surface area contributed by atoms with Crippen molar-refractivity contribution >= 4 is 18.4 Å². The van der Waals surface area contributed by atoms with E-state index in [0.717, 1.165) is 26.1 Å². The van der Waals surface area contributed by atoms with Crippen LogP contribution in [0.2, 0.25) is 0 Å². The maximum absolute atomic E-state index is 11.7. The standard InChI is InChI=1S/C11H22N2O2.ClH/c1-4-10(11(14)15-5-2)13-7-6-12-9(3)8-13;/h9-10,12H,4-8H2,1-3H3;1H. The molecule has 1 heterocycles. The van der Waals surface area contributed by atoms with Crippen molar-refractivity contribution in [2.45, 2.75) is 39.3 Å². The topological polar surface area (TPSA) is 41.6 Å². The quantitative estimate of drug-likeness (QED) is 0.758. The van der Waals surface area contributed by atoms with Gasteiger partial charge in [-0.05, 0) is 20.3 Å². The number of carbonyl (C=O) groups excluding carboxylic acids is 1. The Morgan fingerprint density at radius 2 is 2.25 bits per heavy atom. The molecule has 0 radical (unpaired) electrons. The minimum absolute atomic E-state index is 0. The molecular formula is C11H23ClN2O2. The number of esters is 1. The van der Waals surface area contributed by atoms with Crippen LogP contribution in [0.1, 0.15) is 27.2 Å². The van der Waals surface area contributed by atoms with Crippen LogP contribution >= 0.6 is 12.4 Å². The van der Waals surface area contributed by atoms with Gasteiger partial charge >= 0.3 is 5.97 Å². The summed E-state index contributed by atoms with van der Waals surface area (Å²) in [6.07, 6.45) is 0.825. The molecule has 1 N–H and O–H groups in total. The van der Waals surface area contributed by atoms with Crippen molar-refractivity contribution in [3.05, 3.63) is 0 Å². The normalized spacial score (nSPS) is 23.3. The first-order chi connectivity index (χ1) is 7.19. The first kappa shape index (κ1) is 15.7. The van der Waals surface area contributed by atoms with E-state index in [1.807, 2.05) is 13.8 Å². The number of hydrogen-bond donors (Lipinski definition) is 1. The van der Waals surface area contributed by atoms with E-state index in [9.17, 15) is 4.79 Å². The van der Waals surface area contributed by atoms with Crippen LogP contribution in [0, 0.1) is 0 Å². The molecule has 2 unspecified atom stereocenters. The number of nitrogens with one attached hydrogen (secondary N) is 1. The summed E-state index contributed by atoms with van der Waals surface area (Å²) < 4.78 is 5.08. The highest BCUT2D eigenvalue weighted by molar-refractivity contribution is 5.85. The molecule has 0 bridgehead atoms. The zero-order valence-corrected chi connectivity index (χ0v) is 11.2. The summed E-state index contributed by atoms with van der Waals surface area (Å²) in [4.78, 5) is 13.9. The summed E-state index contributed by atoms with van der Waals surface area (Å²) in [7, 11) is 0. The van der Waals surface area contributed by atoms with E-state index in [0.29, 0.717) is 12.6 Å². The van der Waals surface area contributed by atoms with Crippen molar-refractivity contribution in [2.75, 3.05) is 26.2 Å². The van der Waals surface area contributed by atoms with Gasteiger partial charge in [-0.15, -0.1) is 12.4 Å². The fourth-order valence-electron chi connectivity index (χ4n) is 2.06. The number of nitrogens with zero attached hydrogens (tertiary/aromatic N) is 1. The SMILES string of the molecule is CCOC(=O)C(CC)N1CCNC(C)C1.Cl. The molecule has 16 heavy (non-hydrogen) atoms. The zero-order valence-electron chi connectivity index (χ0n) is 10.4. The van der Waals surface area contributed by atoms with E-state index in [-0.39, 0.29) is 24.4 Å². The lowest BCUT2D eigenvalue weighted by molar-refractivity contribution is -0.150. The number of piperazine rings is 1. The van der Waals surface area contributed by atoms with Crippen LogP contribution in [-0.4, -0.2) is 49.2 Å². The fourth-order valence-corrected chi connectivity index (χ4v) is 2.06. The Morgan fingerprint density at radius 3 is 2.75 bits per heavy atom. The van der Waals surface area contributed by atoms with Crippen molar-refractivity contribution in [1.29, 1.82) is 0 Å². The fraction of sp³-hybridized carbons (Fsp3) is 0.909. The molecule has 1 fully saturated rings. The van der Waals surface area contributed by atoms with E-state index in [4.69, 9.17) is 4.74 Å². The maximum Gasteiger partial charge on any atom is 0.323 e. The van der Waals surface area contributed by atoms with Crippen molar-refractivity contribution < 1.29 is 9.53 Å². The van der Waals surface area contributed by atoms with Crippen LogP contribution in [0.5, 0.6) is 0 Å². The molecule has 0 spiro atoms. The Labute approximate surface area is 104 Å². The van der Waals surface area contributed by atoms with Gasteiger partial charge < -0.3 is 10.1 Å². The van der Waals surface area contributed by atoms with Gasteiger partial charge in [-0.1, -0.05) is 6.92 Å². The summed E-state index contributed by atoms with van der Waals surface area (Å²) in [5.74, 6) is -0.0749. The molecule has 5 heteroatoms. The second kappa shape index (κ2) is 7.87. The second-order valence-corrected chi connectivity index (χ2v) is 4.03. The smallest absolute Gasteiger partial charge is 0.323 e. The van der Waals surface area contributed by atoms with Gasteiger partial charge in [-0.25, -0.2) is 0 Å². The molecule has 96 valence electrons. The van der Waals surface area contributed by atoms with E-state index in [1.165, 1.54) is 0 Å². The van der Waals surface area contributed by atoms with Crippen LogP contribution in [0.3, 0.4) is 0 Å². The van der Waals surface area contributed by atoms with Crippen molar-refractivity contribution in [2.24, 2.45) is 0 Å². The van der Waals surface area contributed by atoms with Crippen molar-refractivity contribution in [3.63, 3.8) is 0 Å². The van der Waals surface area contributed by atoms with Gasteiger partial charge in [0.05, 0.1) is 6.61 Å². The Morgan fingerprint density at radius 1 is 1.56 bits per heavy atom. The molecule has 0 aromatic rings. The maximum atomic E-state index is 11.7. The van der Waals surface area contributed by atoms with E-state index in [1.54, 1.807) is 0 Å². The molecule has 2 atom stereocenters. The van der Waals surface area contributed by atoms with E-state index < -0.39 is 0 Å². The summed E-state index contributed by atoms with van der Waals surface area (Å²) in [5, 5.41) is 3.37. The molecular weight excluding hydrogens is 228 g/mol. The molecule has 0 aromatic heterocycles. The highest BCUT2D eigenvalue weighted by Crippen LogP contribution is 2.09.